The quantitative estimate of drug-likeness (QED) is 0.705. The molecule has 3 heteroatoms. The maximum absolute atomic E-state index is 12.6. The Labute approximate surface area is 78.7 Å². The predicted octanol–water partition coefficient (Wildman–Crippen LogP) is 3.29. The van der Waals surface area contributed by atoms with Crippen LogP contribution in [0.2, 0.25) is 0 Å². The van der Waals surface area contributed by atoms with Gasteiger partial charge in [0.05, 0.1) is 0 Å². The van der Waals surface area contributed by atoms with Gasteiger partial charge in [0.2, 0.25) is 0 Å². The standard InChI is InChI=1S/C9H9BrF2/c10-3-1-2-7-4-8(11)6-9(12)5-7/h4-6H,1-3H2. The maximum atomic E-state index is 12.6. The fourth-order valence-electron chi connectivity index (χ4n) is 1.03. The van der Waals surface area contributed by atoms with Crippen LogP contribution in [0.1, 0.15) is 12.0 Å². The van der Waals surface area contributed by atoms with E-state index in [2.05, 4.69) is 15.9 Å². The van der Waals surface area contributed by atoms with Crippen LogP contribution in [0.25, 0.3) is 0 Å². The third kappa shape index (κ3) is 2.89. The number of halogens is 3. The van der Waals surface area contributed by atoms with Crippen LogP contribution in [0.15, 0.2) is 18.2 Å². The third-order valence-electron chi connectivity index (χ3n) is 1.52. The molecule has 0 bridgehead atoms. The van der Waals surface area contributed by atoms with E-state index in [1.54, 1.807) is 0 Å². The summed E-state index contributed by atoms with van der Waals surface area (Å²) in [5.74, 6) is -1.00. The van der Waals surface area contributed by atoms with Crippen molar-refractivity contribution in [1.29, 1.82) is 0 Å². The molecule has 0 nitrogen and oxygen atoms in total. The molecule has 0 aromatic heterocycles. The highest BCUT2D eigenvalue weighted by atomic mass is 79.9. The Morgan fingerprint density at radius 2 is 1.67 bits per heavy atom. The average Bonchev–Trinajstić information content (AvgIpc) is 1.99. The van der Waals surface area contributed by atoms with Gasteiger partial charge in [0.25, 0.3) is 0 Å². The van der Waals surface area contributed by atoms with Crippen molar-refractivity contribution < 1.29 is 8.78 Å². The highest BCUT2D eigenvalue weighted by molar-refractivity contribution is 9.09. The molecule has 0 aliphatic carbocycles. The average molecular weight is 235 g/mol. The van der Waals surface area contributed by atoms with Gasteiger partial charge in [0.1, 0.15) is 11.6 Å². The highest BCUT2D eigenvalue weighted by Crippen LogP contribution is 2.10. The van der Waals surface area contributed by atoms with Gasteiger partial charge in [-0.05, 0) is 30.5 Å². The van der Waals surface area contributed by atoms with Crippen molar-refractivity contribution in [1.82, 2.24) is 0 Å². The van der Waals surface area contributed by atoms with E-state index in [0.717, 1.165) is 17.8 Å². The van der Waals surface area contributed by atoms with Crippen LogP contribution in [0, 0.1) is 11.6 Å². The molecule has 0 unspecified atom stereocenters. The fraction of sp³-hybridized carbons (Fsp3) is 0.333. The lowest BCUT2D eigenvalue weighted by Gasteiger charge is -1.99. The molecular formula is C9H9BrF2. The minimum Gasteiger partial charge on any atom is -0.207 e. The van der Waals surface area contributed by atoms with Gasteiger partial charge in [-0.1, -0.05) is 15.9 Å². The molecule has 0 radical (unpaired) electrons. The summed E-state index contributed by atoms with van der Waals surface area (Å²) >= 11 is 3.26. The Morgan fingerprint density at radius 1 is 1.08 bits per heavy atom. The molecule has 0 fully saturated rings. The van der Waals surface area contributed by atoms with Crippen LogP contribution in [-0.4, -0.2) is 5.33 Å². The Morgan fingerprint density at radius 3 is 2.17 bits per heavy atom. The number of rotatable bonds is 3. The van der Waals surface area contributed by atoms with E-state index >= 15 is 0 Å². The van der Waals surface area contributed by atoms with Crippen LogP contribution in [0.3, 0.4) is 0 Å². The fourth-order valence-corrected chi connectivity index (χ4v) is 1.31. The van der Waals surface area contributed by atoms with Crippen molar-refractivity contribution in [3.8, 4) is 0 Å². The zero-order chi connectivity index (χ0) is 8.97. The SMILES string of the molecule is Fc1cc(F)cc(CCCBr)c1. The van der Waals surface area contributed by atoms with Gasteiger partial charge in [0.15, 0.2) is 0 Å². The minimum atomic E-state index is -0.500. The molecule has 0 spiro atoms. The number of aryl methyl sites for hydroxylation is 1. The molecule has 66 valence electrons. The summed E-state index contributed by atoms with van der Waals surface area (Å²) in [4.78, 5) is 0. The van der Waals surface area contributed by atoms with Crippen LogP contribution >= 0.6 is 15.9 Å². The zero-order valence-electron chi connectivity index (χ0n) is 6.49. The molecule has 0 saturated heterocycles. The molecule has 0 amide bonds. The Bertz CT molecular complexity index is 240. The van der Waals surface area contributed by atoms with Crippen LogP contribution in [0.4, 0.5) is 8.78 Å². The summed E-state index contributed by atoms with van der Waals surface area (Å²) in [6.45, 7) is 0. The Kier molecular flexibility index (Phi) is 3.66. The predicted molar refractivity (Wildman–Crippen MR) is 48.5 cm³/mol. The second kappa shape index (κ2) is 4.55. The van der Waals surface area contributed by atoms with Crippen molar-refractivity contribution in [2.45, 2.75) is 12.8 Å². The van der Waals surface area contributed by atoms with Gasteiger partial charge in [-0.25, -0.2) is 8.78 Å². The van der Waals surface area contributed by atoms with Crippen molar-refractivity contribution in [2.75, 3.05) is 5.33 Å². The lowest BCUT2D eigenvalue weighted by molar-refractivity contribution is 0.579. The van der Waals surface area contributed by atoms with Crippen LogP contribution < -0.4 is 0 Å². The van der Waals surface area contributed by atoms with E-state index in [1.165, 1.54) is 12.1 Å². The first-order valence-electron chi connectivity index (χ1n) is 3.73. The number of alkyl halides is 1. The normalized spacial score (nSPS) is 10.2. The molecule has 0 aliphatic rings. The first-order valence-corrected chi connectivity index (χ1v) is 4.85. The van der Waals surface area contributed by atoms with Crippen LogP contribution in [-0.2, 0) is 6.42 Å². The summed E-state index contributed by atoms with van der Waals surface area (Å²) in [5.41, 5.74) is 0.715. The van der Waals surface area contributed by atoms with Gasteiger partial charge < -0.3 is 0 Å². The van der Waals surface area contributed by atoms with Gasteiger partial charge in [-0.15, -0.1) is 0 Å². The van der Waals surface area contributed by atoms with Crippen molar-refractivity contribution >= 4 is 15.9 Å². The van der Waals surface area contributed by atoms with Gasteiger partial charge >= 0.3 is 0 Å². The number of benzene rings is 1. The lowest BCUT2D eigenvalue weighted by atomic mass is 10.1. The van der Waals surface area contributed by atoms with E-state index in [4.69, 9.17) is 0 Å². The monoisotopic (exact) mass is 234 g/mol. The molecule has 0 saturated carbocycles. The van der Waals surface area contributed by atoms with E-state index in [9.17, 15) is 8.78 Å². The molecular weight excluding hydrogens is 226 g/mol. The molecule has 0 aliphatic heterocycles. The third-order valence-corrected chi connectivity index (χ3v) is 2.08. The van der Waals surface area contributed by atoms with E-state index in [0.29, 0.717) is 12.0 Å². The largest absolute Gasteiger partial charge is 0.207 e. The summed E-state index contributed by atoms with van der Waals surface area (Å²) in [7, 11) is 0. The smallest absolute Gasteiger partial charge is 0.126 e. The first kappa shape index (κ1) is 9.65. The van der Waals surface area contributed by atoms with Crippen molar-refractivity contribution in [3.05, 3.63) is 35.4 Å². The number of hydrogen-bond acceptors (Lipinski definition) is 0. The number of hydrogen-bond donors (Lipinski definition) is 0. The van der Waals surface area contributed by atoms with Crippen molar-refractivity contribution in [2.24, 2.45) is 0 Å². The van der Waals surface area contributed by atoms with Gasteiger partial charge in [-0.3, -0.25) is 0 Å². The summed E-state index contributed by atoms with van der Waals surface area (Å²) in [5, 5.41) is 0.852. The summed E-state index contributed by atoms with van der Waals surface area (Å²) < 4.78 is 25.2. The Balaban J connectivity index is 2.72. The van der Waals surface area contributed by atoms with Crippen molar-refractivity contribution in [3.63, 3.8) is 0 Å². The molecule has 1 aromatic carbocycles. The zero-order valence-corrected chi connectivity index (χ0v) is 8.07. The van der Waals surface area contributed by atoms with E-state index in [1.807, 2.05) is 0 Å². The topological polar surface area (TPSA) is 0 Å². The van der Waals surface area contributed by atoms with Gasteiger partial charge in [0, 0.05) is 11.4 Å². The molecule has 1 rings (SSSR count). The molecule has 0 N–H and O–H groups in total. The van der Waals surface area contributed by atoms with E-state index in [-0.39, 0.29) is 0 Å². The summed E-state index contributed by atoms with van der Waals surface area (Å²) in [6.07, 6.45) is 1.60. The molecule has 12 heavy (non-hydrogen) atoms. The second-order valence-corrected chi connectivity index (χ2v) is 3.36. The highest BCUT2D eigenvalue weighted by Gasteiger charge is 1.99. The second-order valence-electron chi connectivity index (χ2n) is 2.57. The first-order chi connectivity index (χ1) is 5.72. The minimum absolute atomic E-state index is 0.500. The molecule has 0 heterocycles. The molecule has 1 aromatic rings. The van der Waals surface area contributed by atoms with Crippen LogP contribution in [0.5, 0.6) is 0 Å². The summed E-state index contributed by atoms with van der Waals surface area (Å²) in [6, 6.07) is 3.62. The van der Waals surface area contributed by atoms with E-state index < -0.39 is 11.6 Å². The Hall–Kier alpha value is -0.440. The van der Waals surface area contributed by atoms with Gasteiger partial charge in [-0.2, -0.15) is 0 Å². The lowest BCUT2D eigenvalue weighted by Crippen LogP contribution is -1.89. The maximum Gasteiger partial charge on any atom is 0.126 e. The molecule has 0 atom stereocenters.